The summed E-state index contributed by atoms with van der Waals surface area (Å²) in [7, 11) is 2.85. The number of ether oxygens (including phenoxy) is 3. The predicted molar refractivity (Wildman–Crippen MR) is 90.6 cm³/mol. The van der Waals surface area contributed by atoms with E-state index in [9.17, 15) is 14.7 Å². The molecular formula is C17H24N2O6. The van der Waals surface area contributed by atoms with Crippen molar-refractivity contribution in [1.29, 1.82) is 0 Å². The van der Waals surface area contributed by atoms with Crippen LogP contribution in [0.15, 0.2) is 24.3 Å². The molecule has 0 aliphatic carbocycles. The number of aliphatic hydroxyl groups excluding tert-OH is 1. The Hall–Kier alpha value is -2.32. The first-order valence-corrected chi connectivity index (χ1v) is 8.11. The number of aliphatic hydroxyl groups is 1. The van der Waals surface area contributed by atoms with Gasteiger partial charge < -0.3 is 30.0 Å². The van der Waals surface area contributed by atoms with Crippen molar-refractivity contribution in [2.24, 2.45) is 0 Å². The highest BCUT2D eigenvalue weighted by Crippen LogP contribution is 2.24. The zero-order valence-electron chi connectivity index (χ0n) is 14.4. The molecule has 1 aliphatic rings. The first kappa shape index (κ1) is 19.0. The van der Waals surface area contributed by atoms with Crippen LogP contribution < -0.4 is 15.4 Å². The molecule has 25 heavy (non-hydrogen) atoms. The number of hydrogen-bond acceptors (Lipinski definition) is 6. The summed E-state index contributed by atoms with van der Waals surface area (Å²) in [6.07, 6.45) is 0.414. The Morgan fingerprint density at radius 3 is 2.72 bits per heavy atom. The van der Waals surface area contributed by atoms with Crippen LogP contribution in [0.1, 0.15) is 19.3 Å². The summed E-state index contributed by atoms with van der Waals surface area (Å²) < 4.78 is 15.5. The maximum Gasteiger partial charge on any atom is 0.319 e. The van der Waals surface area contributed by atoms with Crippen LogP contribution in [-0.4, -0.2) is 56.2 Å². The molecule has 0 radical (unpaired) electrons. The Bertz CT molecular complexity index is 594. The van der Waals surface area contributed by atoms with Crippen LogP contribution in [0.2, 0.25) is 0 Å². The zero-order chi connectivity index (χ0) is 18.2. The highest BCUT2D eigenvalue weighted by molar-refractivity contribution is 5.91. The number of para-hydroxylation sites is 2. The molecule has 0 spiro atoms. The van der Waals surface area contributed by atoms with E-state index in [1.54, 1.807) is 24.3 Å². The number of anilines is 1. The van der Waals surface area contributed by atoms with Gasteiger partial charge in [0.2, 0.25) is 0 Å². The SMILES string of the molecule is COC(=O)C[C@H]1CC[C@H](NC(=O)Nc2ccccc2OC)[C@@H](CO)O1. The van der Waals surface area contributed by atoms with Gasteiger partial charge in [0.25, 0.3) is 0 Å². The van der Waals surface area contributed by atoms with Crippen LogP contribution in [-0.2, 0) is 14.3 Å². The van der Waals surface area contributed by atoms with Crippen molar-refractivity contribution in [2.45, 2.75) is 37.5 Å². The molecule has 3 N–H and O–H groups in total. The van der Waals surface area contributed by atoms with Crippen molar-refractivity contribution in [3.63, 3.8) is 0 Å². The average molecular weight is 352 g/mol. The first-order valence-electron chi connectivity index (χ1n) is 8.11. The van der Waals surface area contributed by atoms with E-state index in [1.807, 2.05) is 0 Å². The summed E-state index contributed by atoms with van der Waals surface area (Å²) in [4.78, 5) is 23.6. The van der Waals surface area contributed by atoms with Crippen LogP contribution >= 0.6 is 0 Å². The van der Waals surface area contributed by atoms with E-state index in [4.69, 9.17) is 9.47 Å². The number of urea groups is 1. The second-order valence-electron chi connectivity index (χ2n) is 5.74. The number of esters is 1. The molecule has 138 valence electrons. The van der Waals surface area contributed by atoms with E-state index in [0.717, 1.165) is 0 Å². The third kappa shape index (κ3) is 5.33. The molecule has 1 saturated heterocycles. The molecule has 0 bridgehead atoms. The van der Waals surface area contributed by atoms with Gasteiger partial charge in [-0.1, -0.05) is 12.1 Å². The Labute approximate surface area is 146 Å². The summed E-state index contributed by atoms with van der Waals surface area (Å²) in [6, 6.07) is 6.30. The van der Waals surface area contributed by atoms with E-state index in [0.29, 0.717) is 24.3 Å². The zero-order valence-corrected chi connectivity index (χ0v) is 14.4. The molecule has 0 unspecified atom stereocenters. The van der Waals surface area contributed by atoms with Gasteiger partial charge in [0, 0.05) is 0 Å². The van der Waals surface area contributed by atoms with Gasteiger partial charge in [0.1, 0.15) is 11.9 Å². The largest absolute Gasteiger partial charge is 0.495 e. The minimum atomic E-state index is -0.577. The normalized spacial score (nSPS) is 22.8. The number of nitrogens with one attached hydrogen (secondary N) is 2. The summed E-state index contributed by atoms with van der Waals surface area (Å²) >= 11 is 0. The van der Waals surface area contributed by atoms with Gasteiger partial charge in [-0.05, 0) is 25.0 Å². The molecule has 1 heterocycles. The first-order chi connectivity index (χ1) is 12.1. The summed E-state index contributed by atoms with van der Waals surface area (Å²) in [5.74, 6) is 0.191. The quantitative estimate of drug-likeness (QED) is 0.666. The lowest BCUT2D eigenvalue weighted by Crippen LogP contribution is -2.52. The van der Waals surface area contributed by atoms with Gasteiger partial charge in [-0.3, -0.25) is 4.79 Å². The van der Waals surface area contributed by atoms with Crippen molar-refractivity contribution >= 4 is 17.7 Å². The standard InChI is InChI=1S/C17H24N2O6/c1-23-14-6-4-3-5-12(14)18-17(22)19-13-8-7-11(9-16(21)24-2)25-15(13)10-20/h3-6,11,13,15,20H,7-10H2,1-2H3,(H2,18,19,22)/t11-,13+,15-/m1/s1. The minimum absolute atomic E-state index is 0.132. The Kier molecular flexibility index (Phi) is 7.03. The third-order valence-electron chi connectivity index (χ3n) is 4.09. The number of carbonyl (C=O) groups is 2. The maximum absolute atomic E-state index is 12.2. The van der Waals surface area contributed by atoms with Gasteiger partial charge in [0.15, 0.2) is 0 Å². The van der Waals surface area contributed by atoms with Crippen molar-refractivity contribution in [2.75, 3.05) is 26.1 Å². The molecule has 1 fully saturated rings. The molecule has 0 aromatic heterocycles. The lowest BCUT2D eigenvalue weighted by Gasteiger charge is -2.35. The van der Waals surface area contributed by atoms with Crippen LogP contribution in [0.3, 0.4) is 0 Å². The van der Waals surface area contributed by atoms with E-state index < -0.39 is 12.1 Å². The third-order valence-corrected chi connectivity index (χ3v) is 4.09. The number of rotatable bonds is 6. The van der Waals surface area contributed by atoms with Gasteiger partial charge >= 0.3 is 12.0 Å². The second-order valence-corrected chi connectivity index (χ2v) is 5.74. The summed E-state index contributed by atoms with van der Waals surface area (Å²) in [5, 5.41) is 15.0. The fraction of sp³-hybridized carbons (Fsp3) is 0.529. The number of carbonyl (C=O) groups excluding carboxylic acids is 2. The van der Waals surface area contributed by atoms with Gasteiger partial charge in [-0.15, -0.1) is 0 Å². The molecule has 1 aliphatic heterocycles. The monoisotopic (exact) mass is 352 g/mol. The van der Waals surface area contributed by atoms with E-state index in [-0.39, 0.29) is 31.1 Å². The Morgan fingerprint density at radius 2 is 2.04 bits per heavy atom. The molecular weight excluding hydrogens is 328 g/mol. The Balaban J connectivity index is 1.91. The van der Waals surface area contributed by atoms with Crippen LogP contribution in [0.5, 0.6) is 5.75 Å². The van der Waals surface area contributed by atoms with Gasteiger partial charge in [-0.25, -0.2) is 4.79 Å². The summed E-state index contributed by atoms with van der Waals surface area (Å²) in [5.41, 5.74) is 0.545. The molecule has 1 aromatic carbocycles. The van der Waals surface area contributed by atoms with Crippen LogP contribution in [0.25, 0.3) is 0 Å². The fourth-order valence-electron chi connectivity index (χ4n) is 2.79. The average Bonchev–Trinajstić information content (AvgIpc) is 2.63. The summed E-state index contributed by atoms with van der Waals surface area (Å²) in [6.45, 7) is -0.253. The molecule has 8 heteroatoms. The molecule has 1 aromatic rings. The highest BCUT2D eigenvalue weighted by Gasteiger charge is 2.33. The highest BCUT2D eigenvalue weighted by atomic mass is 16.5. The predicted octanol–water partition coefficient (Wildman–Crippen LogP) is 1.29. The fourth-order valence-corrected chi connectivity index (χ4v) is 2.79. The van der Waals surface area contributed by atoms with Crippen molar-refractivity contribution in [3.05, 3.63) is 24.3 Å². The number of benzene rings is 1. The van der Waals surface area contributed by atoms with Crippen molar-refractivity contribution in [3.8, 4) is 5.75 Å². The molecule has 3 atom stereocenters. The molecule has 2 rings (SSSR count). The Morgan fingerprint density at radius 1 is 1.28 bits per heavy atom. The molecule has 2 amide bonds. The van der Waals surface area contributed by atoms with Crippen molar-refractivity contribution < 1.29 is 28.9 Å². The smallest absolute Gasteiger partial charge is 0.319 e. The van der Waals surface area contributed by atoms with Gasteiger partial charge in [-0.2, -0.15) is 0 Å². The van der Waals surface area contributed by atoms with E-state index >= 15 is 0 Å². The number of hydrogen-bond donors (Lipinski definition) is 3. The van der Waals surface area contributed by atoms with E-state index in [1.165, 1.54) is 14.2 Å². The lowest BCUT2D eigenvalue weighted by atomic mass is 9.97. The van der Waals surface area contributed by atoms with Crippen LogP contribution in [0.4, 0.5) is 10.5 Å². The molecule has 8 nitrogen and oxygen atoms in total. The second kappa shape index (κ2) is 9.24. The number of amides is 2. The van der Waals surface area contributed by atoms with Crippen molar-refractivity contribution in [1.82, 2.24) is 5.32 Å². The maximum atomic E-state index is 12.2. The minimum Gasteiger partial charge on any atom is -0.495 e. The van der Waals surface area contributed by atoms with Gasteiger partial charge in [0.05, 0.1) is 45.1 Å². The van der Waals surface area contributed by atoms with Crippen LogP contribution in [0, 0.1) is 0 Å². The topological polar surface area (TPSA) is 106 Å². The molecule has 0 saturated carbocycles. The lowest BCUT2D eigenvalue weighted by molar-refractivity contribution is -0.149. The number of methoxy groups -OCH3 is 2. The van der Waals surface area contributed by atoms with E-state index in [2.05, 4.69) is 15.4 Å².